The van der Waals surface area contributed by atoms with E-state index in [1.54, 1.807) is 59.5 Å². The van der Waals surface area contributed by atoms with E-state index in [0.29, 0.717) is 43.4 Å². The standard InChI is InChI=1S/C22H25F3N8O3/c1-14(29-17-11-28-30-19(34)18(17)22(23,24)25)12-31-4-3-15(13-31)20(35)32-5-7-33(8-6-32)21-26-9-16(36-2)10-27-21/h3-4,9-11,13-14H,5-8,12H2,1-2H3,(H2,29,30,34). The van der Waals surface area contributed by atoms with E-state index in [9.17, 15) is 22.8 Å². The molecule has 14 heteroatoms. The van der Waals surface area contributed by atoms with Crippen molar-refractivity contribution in [2.75, 3.05) is 43.5 Å². The summed E-state index contributed by atoms with van der Waals surface area (Å²) in [5.74, 6) is 0.999. The van der Waals surface area contributed by atoms with E-state index >= 15 is 0 Å². The highest BCUT2D eigenvalue weighted by Crippen LogP contribution is 2.31. The summed E-state index contributed by atoms with van der Waals surface area (Å²) in [5.41, 5.74) is -2.56. The van der Waals surface area contributed by atoms with Gasteiger partial charge in [0, 0.05) is 51.2 Å². The maximum absolute atomic E-state index is 13.3. The number of halogens is 3. The largest absolute Gasteiger partial charge is 0.494 e. The highest BCUT2D eigenvalue weighted by Gasteiger charge is 2.37. The van der Waals surface area contributed by atoms with E-state index in [4.69, 9.17) is 4.74 Å². The van der Waals surface area contributed by atoms with Crippen LogP contribution in [0.4, 0.5) is 24.8 Å². The number of anilines is 2. The second-order valence-electron chi connectivity index (χ2n) is 8.33. The minimum absolute atomic E-state index is 0.136. The number of aromatic amines is 1. The van der Waals surface area contributed by atoms with Crippen molar-refractivity contribution in [3.8, 4) is 5.75 Å². The van der Waals surface area contributed by atoms with Gasteiger partial charge >= 0.3 is 6.18 Å². The third kappa shape index (κ3) is 5.58. The van der Waals surface area contributed by atoms with Crippen LogP contribution in [0.5, 0.6) is 5.75 Å². The van der Waals surface area contributed by atoms with E-state index in [1.807, 2.05) is 4.90 Å². The molecule has 0 aromatic carbocycles. The first-order valence-corrected chi connectivity index (χ1v) is 11.1. The molecule has 4 rings (SSSR count). The minimum Gasteiger partial charge on any atom is -0.494 e. The number of amides is 1. The SMILES string of the molecule is COc1cnc(N2CCN(C(=O)c3ccn(CC(C)Nc4cn[nH]c(=O)c4C(F)(F)F)c3)CC2)nc1. The van der Waals surface area contributed by atoms with Gasteiger partial charge in [0.2, 0.25) is 5.95 Å². The maximum Gasteiger partial charge on any atom is 0.423 e. The number of hydrogen-bond acceptors (Lipinski definition) is 8. The van der Waals surface area contributed by atoms with E-state index in [0.717, 1.165) is 6.20 Å². The average molecular weight is 506 g/mol. The Labute approximate surface area is 203 Å². The van der Waals surface area contributed by atoms with Crippen LogP contribution in [0.3, 0.4) is 0 Å². The smallest absolute Gasteiger partial charge is 0.423 e. The summed E-state index contributed by atoms with van der Waals surface area (Å²) in [6, 6.07) is 1.18. The molecule has 1 atom stereocenters. The van der Waals surface area contributed by atoms with Crippen molar-refractivity contribution in [2.45, 2.75) is 25.7 Å². The Balaban J connectivity index is 1.34. The molecule has 2 N–H and O–H groups in total. The summed E-state index contributed by atoms with van der Waals surface area (Å²) >= 11 is 0. The van der Waals surface area contributed by atoms with Gasteiger partial charge in [-0.25, -0.2) is 15.1 Å². The number of carbonyl (C=O) groups is 1. The molecule has 0 spiro atoms. The molecule has 3 aromatic heterocycles. The molecule has 1 amide bonds. The van der Waals surface area contributed by atoms with Gasteiger partial charge in [-0.1, -0.05) is 0 Å². The van der Waals surface area contributed by atoms with E-state index < -0.39 is 29.0 Å². The Morgan fingerprint density at radius 3 is 2.53 bits per heavy atom. The summed E-state index contributed by atoms with van der Waals surface area (Å²) in [7, 11) is 1.54. The summed E-state index contributed by atoms with van der Waals surface area (Å²) in [4.78, 5) is 36.9. The zero-order chi connectivity index (χ0) is 25.9. The van der Waals surface area contributed by atoms with Crippen LogP contribution in [0.25, 0.3) is 0 Å². The zero-order valence-corrected chi connectivity index (χ0v) is 19.6. The molecule has 1 aliphatic heterocycles. The quantitative estimate of drug-likeness (QED) is 0.498. The Morgan fingerprint density at radius 2 is 1.89 bits per heavy atom. The number of methoxy groups -OCH3 is 1. The van der Waals surface area contributed by atoms with Crippen molar-refractivity contribution >= 4 is 17.5 Å². The minimum atomic E-state index is -4.82. The van der Waals surface area contributed by atoms with Crippen molar-refractivity contribution in [3.63, 3.8) is 0 Å². The van der Waals surface area contributed by atoms with Gasteiger partial charge < -0.3 is 24.4 Å². The molecule has 1 fully saturated rings. The number of aromatic nitrogens is 5. The van der Waals surface area contributed by atoms with Crippen molar-refractivity contribution < 1.29 is 22.7 Å². The second-order valence-corrected chi connectivity index (χ2v) is 8.33. The zero-order valence-electron chi connectivity index (χ0n) is 19.6. The van der Waals surface area contributed by atoms with Crippen LogP contribution >= 0.6 is 0 Å². The monoisotopic (exact) mass is 506 g/mol. The molecule has 1 unspecified atom stereocenters. The van der Waals surface area contributed by atoms with Crippen molar-refractivity contribution in [3.05, 3.63) is 58.5 Å². The predicted molar refractivity (Wildman–Crippen MR) is 124 cm³/mol. The van der Waals surface area contributed by atoms with Gasteiger partial charge in [-0.15, -0.1) is 0 Å². The maximum atomic E-state index is 13.3. The van der Waals surface area contributed by atoms with E-state index in [2.05, 4.69) is 20.4 Å². The number of ether oxygens (including phenoxy) is 1. The normalized spacial score (nSPS) is 15.0. The molecule has 11 nitrogen and oxygen atoms in total. The molecule has 36 heavy (non-hydrogen) atoms. The number of nitrogens with zero attached hydrogens (tertiary/aromatic N) is 6. The molecule has 192 valence electrons. The fourth-order valence-corrected chi connectivity index (χ4v) is 3.97. The highest BCUT2D eigenvalue weighted by atomic mass is 19.4. The lowest BCUT2D eigenvalue weighted by molar-refractivity contribution is -0.138. The molecular formula is C22H25F3N8O3. The van der Waals surface area contributed by atoms with Crippen molar-refractivity contribution in [2.24, 2.45) is 0 Å². The van der Waals surface area contributed by atoms with Gasteiger partial charge in [-0.05, 0) is 13.0 Å². The second kappa shape index (κ2) is 10.3. The number of H-pyrrole nitrogens is 1. The van der Waals surface area contributed by atoms with Crippen LogP contribution in [-0.2, 0) is 12.7 Å². The van der Waals surface area contributed by atoms with Crippen molar-refractivity contribution in [1.29, 1.82) is 0 Å². The summed E-state index contributed by atoms with van der Waals surface area (Å²) in [5, 5.41) is 7.95. The third-order valence-electron chi connectivity index (χ3n) is 5.72. The van der Waals surface area contributed by atoms with Crippen LogP contribution in [0.1, 0.15) is 22.8 Å². The molecule has 3 aromatic rings. The predicted octanol–water partition coefficient (Wildman–Crippen LogP) is 1.85. The molecule has 0 aliphatic carbocycles. The van der Waals surface area contributed by atoms with Crippen LogP contribution in [-0.4, -0.2) is 74.9 Å². The first kappa shape index (κ1) is 25.0. The lowest BCUT2D eigenvalue weighted by Gasteiger charge is -2.34. The molecule has 0 bridgehead atoms. The molecular weight excluding hydrogens is 481 g/mol. The first-order chi connectivity index (χ1) is 17.2. The van der Waals surface area contributed by atoms with E-state index in [-0.39, 0.29) is 12.5 Å². The van der Waals surface area contributed by atoms with Gasteiger partial charge in [0.25, 0.3) is 11.5 Å². The summed E-state index contributed by atoms with van der Waals surface area (Å²) in [6.07, 6.45) is 2.63. The Kier molecular flexibility index (Phi) is 7.12. The van der Waals surface area contributed by atoms with Gasteiger partial charge in [0.05, 0.1) is 37.0 Å². The number of nitrogens with one attached hydrogen (secondary N) is 2. The third-order valence-corrected chi connectivity index (χ3v) is 5.72. The first-order valence-electron chi connectivity index (χ1n) is 11.1. The van der Waals surface area contributed by atoms with Crippen LogP contribution < -0.4 is 20.5 Å². The topological polar surface area (TPSA) is 121 Å². The lowest BCUT2D eigenvalue weighted by Crippen LogP contribution is -2.49. The molecule has 0 radical (unpaired) electrons. The molecule has 4 heterocycles. The number of carbonyl (C=O) groups excluding carboxylic acids is 1. The van der Waals surface area contributed by atoms with Gasteiger partial charge in [-0.3, -0.25) is 9.59 Å². The Morgan fingerprint density at radius 1 is 1.19 bits per heavy atom. The summed E-state index contributed by atoms with van der Waals surface area (Å²) in [6.45, 7) is 4.07. The van der Waals surface area contributed by atoms with Gasteiger partial charge in [0.1, 0.15) is 5.56 Å². The van der Waals surface area contributed by atoms with Gasteiger partial charge in [-0.2, -0.15) is 18.3 Å². The van der Waals surface area contributed by atoms with Crippen molar-refractivity contribution in [1.82, 2.24) is 29.6 Å². The Hall–Kier alpha value is -4.10. The Bertz CT molecular complexity index is 1250. The lowest BCUT2D eigenvalue weighted by atomic mass is 10.2. The average Bonchev–Trinajstić information content (AvgIpc) is 3.31. The highest BCUT2D eigenvalue weighted by molar-refractivity contribution is 5.94. The fraction of sp³-hybridized carbons (Fsp3) is 0.409. The van der Waals surface area contributed by atoms with Crippen LogP contribution in [0.2, 0.25) is 0 Å². The van der Waals surface area contributed by atoms with E-state index in [1.165, 1.54) is 0 Å². The number of alkyl halides is 3. The van der Waals surface area contributed by atoms with Gasteiger partial charge in [0.15, 0.2) is 5.75 Å². The fourth-order valence-electron chi connectivity index (χ4n) is 3.97. The molecule has 0 saturated carbocycles. The van der Waals surface area contributed by atoms with Crippen LogP contribution in [0.15, 0.2) is 41.8 Å². The molecule has 1 saturated heterocycles. The number of piperazine rings is 1. The molecule has 1 aliphatic rings. The number of hydrogen-bond donors (Lipinski definition) is 2. The summed E-state index contributed by atoms with van der Waals surface area (Å²) < 4.78 is 46.5. The van der Waals surface area contributed by atoms with Crippen LogP contribution in [0, 0.1) is 0 Å². The number of rotatable bonds is 7.